The van der Waals surface area contributed by atoms with Crippen LogP contribution in [0.5, 0.6) is 0 Å². The fourth-order valence-electron chi connectivity index (χ4n) is 6.08. The van der Waals surface area contributed by atoms with Crippen molar-refractivity contribution in [3.05, 3.63) is 83.5 Å². The smallest absolute Gasteiger partial charge is 0.261 e. The Morgan fingerprint density at radius 3 is 2.23 bits per heavy atom. The quantitative estimate of drug-likeness (QED) is 0.277. The first kappa shape index (κ1) is 26.5. The molecule has 2 aromatic carbocycles. The molecule has 0 aliphatic carbocycles. The molecule has 2 aliphatic rings. The molecule has 0 saturated carbocycles. The molecule has 6 rings (SSSR count). The third kappa shape index (κ3) is 4.49. The molecular weight excluding hydrogens is 528 g/mol. The SMILES string of the molecule is CC1(C)O[C@@H]2[C@H](O1)[C@@H](CO[Si](c1ccccc1)(c1ccccc1)C(C)(C)C)O[C@H]2c1cnn2c(=S)[nH]cnc12. The molecule has 1 N–H and O–H groups in total. The summed E-state index contributed by atoms with van der Waals surface area (Å²) in [6.07, 6.45) is 1.92. The predicted octanol–water partition coefficient (Wildman–Crippen LogP) is 4.32. The summed E-state index contributed by atoms with van der Waals surface area (Å²) in [6, 6.07) is 21.2. The van der Waals surface area contributed by atoms with Crippen LogP contribution in [-0.4, -0.2) is 58.6 Å². The first-order valence-electron chi connectivity index (χ1n) is 13.3. The van der Waals surface area contributed by atoms with Gasteiger partial charge in [0.25, 0.3) is 8.32 Å². The first-order valence-corrected chi connectivity index (χ1v) is 15.6. The minimum absolute atomic E-state index is 0.151. The van der Waals surface area contributed by atoms with Crippen LogP contribution in [0.3, 0.4) is 0 Å². The van der Waals surface area contributed by atoms with E-state index in [1.54, 1.807) is 17.0 Å². The second kappa shape index (κ2) is 9.72. The Hall–Kier alpha value is -2.73. The molecule has 0 unspecified atom stereocenters. The van der Waals surface area contributed by atoms with Crippen molar-refractivity contribution in [1.82, 2.24) is 19.6 Å². The summed E-state index contributed by atoms with van der Waals surface area (Å²) in [5, 5.41) is 6.75. The Morgan fingerprint density at radius 1 is 1.00 bits per heavy atom. The molecular formula is C29H34N4O4SSi. The highest BCUT2D eigenvalue weighted by Gasteiger charge is 2.58. The highest BCUT2D eigenvalue weighted by Crippen LogP contribution is 2.46. The molecule has 204 valence electrons. The molecule has 2 aliphatic heterocycles. The van der Waals surface area contributed by atoms with Gasteiger partial charge in [-0.3, -0.25) is 0 Å². The van der Waals surface area contributed by atoms with Gasteiger partial charge in [0.05, 0.1) is 19.1 Å². The maximum absolute atomic E-state index is 7.22. The largest absolute Gasteiger partial charge is 0.405 e. The summed E-state index contributed by atoms with van der Waals surface area (Å²) < 4.78 is 28.8. The van der Waals surface area contributed by atoms with Gasteiger partial charge in [-0.1, -0.05) is 81.4 Å². The zero-order chi connectivity index (χ0) is 27.4. The fraction of sp³-hybridized carbons (Fsp3) is 0.414. The lowest BCUT2D eigenvalue weighted by atomic mass is 10.0. The Morgan fingerprint density at radius 2 is 1.62 bits per heavy atom. The maximum Gasteiger partial charge on any atom is 0.261 e. The van der Waals surface area contributed by atoms with E-state index in [0.29, 0.717) is 17.0 Å². The van der Waals surface area contributed by atoms with Crippen molar-refractivity contribution in [2.45, 2.75) is 69.9 Å². The van der Waals surface area contributed by atoms with Crippen LogP contribution in [0.2, 0.25) is 5.04 Å². The van der Waals surface area contributed by atoms with Crippen LogP contribution in [0.25, 0.3) is 5.65 Å². The van der Waals surface area contributed by atoms with E-state index < -0.39 is 20.2 Å². The number of nitrogens with zero attached hydrogens (tertiary/aromatic N) is 3. The van der Waals surface area contributed by atoms with Gasteiger partial charge in [0.1, 0.15) is 24.4 Å². The third-order valence-electron chi connectivity index (χ3n) is 7.68. The maximum atomic E-state index is 7.22. The van der Waals surface area contributed by atoms with Crippen molar-refractivity contribution in [2.24, 2.45) is 0 Å². The van der Waals surface area contributed by atoms with E-state index in [2.05, 4.69) is 84.4 Å². The molecule has 0 spiro atoms. The Kier molecular flexibility index (Phi) is 6.60. The van der Waals surface area contributed by atoms with Gasteiger partial charge in [0.15, 0.2) is 11.4 Å². The number of nitrogens with one attached hydrogen (secondary N) is 1. The molecule has 0 radical (unpaired) electrons. The molecule has 4 atom stereocenters. The van der Waals surface area contributed by atoms with Gasteiger partial charge in [-0.25, -0.2) is 4.98 Å². The number of H-pyrrole nitrogens is 1. The number of ether oxygens (including phenoxy) is 3. The molecule has 8 nitrogen and oxygen atoms in total. The Bertz CT molecular complexity index is 1480. The van der Waals surface area contributed by atoms with Crippen LogP contribution in [0.15, 0.2) is 73.2 Å². The summed E-state index contributed by atoms with van der Waals surface area (Å²) in [7, 11) is -2.76. The number of rotatable bonds is 6. The van der Waals surface area contributed by atoms with Crippen LogP contribution in [0, 0.1) is 4.77 Å². The number of aromatic nitrogens is 4. The van der Waals surface area contributed by atoms with Gasteiger partial charge in [-0.2, -0.15) is 9.61 Å². The minimum atomic E-state index is -2.76. The summed E-state index contributed by atoms with van der Waals surface area (Å²) >= 11 is 5.40. The normalized spacial score (nSPS) is 24.7. The van der Waals surface area contributed by atoms with Crippen molar-refractivity contribution in [3.63, 3.8) is 0 Å². The van der Waals surface area contributed by atoms with E-state index in [1.807, 2.05) is 26.0 Å². The van der Waals surface area contributed by atoms with Crippen LogP contribution in [0.1, 0.15) is 46.3 Å². The number of fused-ring (bicyclic) bond motifs is 2. The average molecular weight is 563 g/mol. The van der Waals surface area contributed by atoms with E-state index in [0.717, 1.165) is 5.56 Å². The van der Waals surface area contributed by atoms with Crippen LogP contribution in [0.4, 0.5) is 0 Å². The molecule has 2 fully saturated rings. The topological polar surface area (TPSA) is 82.9 Å². The van der Waals surface area contributed by atoms with Crippen LogP contribution >= 0.6 is 12.2 Å². The molecule has 39 heavy (non-hydrogen) atoms. The molecule has 10 heteroatoms. The number of aromatic amines is 1. The zero-order valence-electron chi connectivity index (χ0n) is 22.8. The lowest BCUT2D eigenvalue weighted by molar-refractivity contribution is -0.190. The lowest BCUT2D eigenvalue weighted by Gasteiger charge is -2.43. The van der Waals surface area contributed by atoms with Crippen molar-refractivity contribution in [2.75, 3.05) is 6.61 Å². The lowest BCUT2D eigenvalue weighted by Crippen LogP contribution is -2.67. The average Bonchev–Trinajstić information content (AvgIpc) is 3.56. The molecule has 0 bridgehead atoms. The number of hydrogen-bond donors (Lipinski definition) is 1. The van der Waals surface area contributed by atoms with E-state index in [4.69, 9.17) is 30.9 Å². The van der Waals surface area contributed by atoms with Crippen molar-refractivity contribution in [3.8, 4) is 0 Å². The van der Waals surface area contributed by atoms with E-state index >= 15 is 0 Å². The van der Waals surface area contributed by atoms with E-state index in [9.17, 15) is 0 Å². The summed E-state index contributed by atoms with van der Waals surface area (Å²) in [4.78, 5) is 7.42. The standard InChI is InChI=1S/C29H34N4O4SSi/c1-28(2,3)39(19-12-8-6-9-13-19,20-14-10-7-11-15-20)34-17-22-24-25(37-29(4,5)36-24)23(35-22)21-16-32-33-26(21)30-18-31-27(33)38/h6-16,18,22-25H,17H2,1-5H3,(H,30,31,38)/t22-,23+,24-,25+/m1/s1. The second-order valence-corrected chi connectivity index (χ2v) is 16.4. The monoisotopic (exact) mass is 562 g/mol. The third-order valence-corrected chi connectivity index (χ3v) is 13.0. The molecule has 4 aromatic rings. The van der Waals surface area contributed by atoms with Gasteiger partial charge in [0, 0.05) is 5.56 Å². The van der Waals surface area contributed by atoms with Crippen LogP contribution < -0.4 is 10.4 Å². The predicted molar refractivity (Wildman–Crippen MR) is 153 cm³/mol. The molecule has 2 aromatic heterocycles. The Labute approximate surface area is 234 Å². The highest BCUT2D eigenvalue weighted by molar-refractivity contribution is 7.71. The molecule has 2 saturated heterocycles. The van der Waals surface area contributed by atoms with Crippen LogP contribution in [-0.2, 0) is 18.6 Å². The van der Waals surface area contributed by atoms with Crippen molar-refractivity contribution < 1.29 is 18.6 Å². The molecule has 4 heterocycles. The first-order chi connectivity index (χ1) is 18.6. The highest BCUT2D eigenvalue weighted by atomic mass is 32.1. The molecule has 0 amide bonds. The van der Waals surface area contributed by atoms with Gasteiger partial charge in [-0.05, 0) is 41.5 Å². The number of benzene rings is 2. The minimum Gasteiger partial charge on any atom is -0.405 e. The zero-order valence-corrected chi connectivity index (χ0v) is 24.6. The second-order valence-electron chi connectivity index (χ2n) is 11.7. The van der Waals surface area contributed by atoms with Gasteiger partial charge >= 0.3 is 0 Å². The number of hydrogen-bond acceptors (Lipinski definition) is 7. The van der Waals surface area contributed by atoms with Gasteiger partial charge < -0.3 is 23.6 Å². The van der Waals surface area contributed by atoms with E-state index in [-0.39, 0.29) is 23.4 Å². The van der Waals surface area contributed by atoms with E-state index in [1.165, 1.54) is 10.4 Å². The van der Waals surface area contributed by atoms with Gasteiger partial charge in [0.2, 0.25) is 4.77 Å². The Balaban J connectivity index is 1.38. The van der Waals surface area contributed by atoms with Crippen molar-refractivity contribution >= 4 is 36.6 Å². The summed E-state index contributed by atoms with van der Waals surface area (Å²) in [6.45, 7) is 11.0. The summed E-state index contributed by atoms with van der Waals surface area (Å²) in [5.41, 5.74) is 1.46. The fourth-order valence-corrected chi connectivity index (χ4v) is 10.8. The summed E-state index contributed by atoms with van der Waals surface area (Å²) in [5.74, 6) is -0.750. The van der Waals surface area contributed by atoms with Crippen molar-refractivity contribution in [1.29, 1.82) is 0 Å². The van der Waals surface area contributed by atoms with Gasteiger partial charge in [-0.15, -0.1) is 0 Å².